The molecule has 0 aliphatic carbocycles. The smallest absolute Gasteiger partial charge is 0.249 e. The number of benzene rings is 1. The second kappa shape index (κ2) is 11.5. The molecule has 1 aromatic carbocycles. The summed E-state index contributed by atoms with van der Waals surface area (Å²) in [6.07, 6.45) is 0.809. The van der Waals surface area contributed by atoms with Crippen LogP contribution in [-0.2, 0) is 26.1 Å². The van der Waals surface area contributed by atoms with Crippen LogP contribution >= 0.6 is 24.8 Å². The summed E-state index contributed by atoms with van der Waals surface area (Å²) in [7, 11) is -1.61. The Morgan fingerprint density at radius 1 is 1.17 bits per heavy atom. The molecule has 0 aromatic heterocycles. The molecule has 1 amide bonds. The van der Waals surface area contributed by atoms with Gasteiger partial charge in [-0.25, -0.2) is 8.42 Å². The van der Waals surface area contributed by atoms with E-state index >= 15 is 0 Å². The first-order chi connectivity index (χ1) is 12.9. The zero-order valence-corrected chi connectivity index (χ0v) is 18.9. The molecule has 2 saturated heterocycles. The number of carbonyl (C=O) groups excluding carboxylic acids is 1. The maximum absolute atomic E-state index is 13.1. The highest BCUT2D eigenvalue weighted by molar-refractivity contribution is 7.89. The normalized spacial score (nSPS) is 23.1. The van der Waals surface area contributed by atoms with Gasteiger partial charge in [-0.3, -0.25) is 4.79 Å². The lowest BCUT2D eigenvalue weighted by Crippen LogP contribution is -2.47. The molecule has 166 valence electrons. The number of nitrogens with two attached hydrogens (primary N) is 1. The van der Waals surface area contributed by atoms with Crippen LogP contribution in [0.2, 0.25) is 0 Å². The van der Waals surface area contributed by atoms with E-state index in [1.165, 1.54) is 4.31 Å². The Morgan fingerprint density at radius 2 is 1.83 bits per heavy atom. The summed E-state index contributed by atoms with van der Waals surface area (Å²) in [6, 6.07) is 6.83. The predicted octanol–water partition coefficient (Wildman–Crippen LogP) is 0.589. The molecule has 0 unspecified atom stereocenters. The first kappa shape index (κ1) is 26.1. The molecular formula is C18H30Cl2N4O4S. The standard InChI is InChI=1S/C18H28N4O4S.2ClH/c1-21-8-10-22(11-9-21)27(24,25)17-5-3-2-4-14(17)13-20-18(23)16-7-6-15(12-19)26-16;;/h2-5,15-16H,6-13,19H2,1H3,(H,20,23);2*1H/t15-,16+;;/m1../s1. The summed E-state index contributed by atoms with van der Waals surface area (Å²) in [5.41, 5.74) is 6.16. The lowest BCUT2D eigenvalue weighted by atomic mass is 10.2. The van der Waals surface area contributed by atoms with Crippen molar-refractivity contribution in [1.82, 2.24) is 14.5 Å². The molecule has 2 aliphatic heterocycles. The van der Waals surface area contributed by atoms with E-state index in [-0.39, 0.29) is 48.3 Å². The van der Waals surface area contributed by atoms with Crippen molar-refractivity contribution >= 4 is 40.7 Å². The second-order valence-electron chi connectivity index (χ2n) is 7.09. The van der Waals surface area contributed by atoms with E-state index in [1.807, 2.05) is 7.05 Å². The average molecular weight is 469 g/mol. The van der Waals surface area contributed by atoms with Crippen molar-refractivity contribution in [2.75, 3.05) is 39.8 Å². The zero-order chi connectivity index (χ0) is 19.4. The van der Waals surface area contributed by atoms with E-state index in [2.05, 4.69) is 10.2 Å². The molecular weight excluding hydrogens is 439 g/mol. The highest BCUT2D eigenvalue weighted by Crippen LogP contribution is 2.22. The fourth-order valence-electron chi connectivity index (χ4n) is 3.44. The molecule has 3 N–H and O–H groups in total. The minimum Gasteiger partial charge on any atom is -0.364 e. The van der Waals surface area contributed by atoms with Gasteiger partial charge in [-0.1, -0.05) is 18.2 Å². The third kappa shape index (κ3) is 6.27. The topological polar surface area (TPSA) is 105 Å². The van der Waals surface area contributed by atoms with Gasteiger partial charge >= 0.3 is 0 Å². The molecule has 0 saturated carbocycles. The Balaban J connectivity index is 0.00000210. The van der Waals surface area contributed by atoms with E-state index in [9.17, 15) is 13.2 Å². The van der Waals surface area contributed by atoms with Crippen LogP contribution in [0.15, 0.2) is 29.2 Å². The lowest BCUT2D eigenvalue weighted by Gasteiger charge is -2.32. The number of hydrogen-bond donors (Lipinski definition) is 2. The number of halogens is 2. The maximum atomic E-state index is 13.1. The molecule has 2 aliphatic rings. The van der Waals surface area contributed by atoms with Crippen LogP contribution in [0.1, 0.15) is 18.4 Å². The van der Waals surface area contributed by atoms with Gasteiger partial charge in [0.2, 0.25) is 15.9 Å². The SMILES string of the molecule is CN1CCN(S(=O)(=O)c2ccccc2CNC(=O)[C@@H]2CC[C@H](CN)O2)CC1.Cl.Cl. The monoisotopic (exact) mass is 468 g/mol. The number of hydrogen-bond acceptors (Lipinski definition) is 6. The molecule has 2 atom stereocenters. The number of likely N-dealkylation sites (N-methyl/N-ethyl adjacent to an activating group) is 1. The summed E-state index contributed by atoms with van der Waals surface area (Å²) in [5.74, 6) is -0.224. The molecule has 3 rings (SSSR count). The van der Waals surface area contributed by atoms with E-state index in [1.54, 1.807) is 24.3 Å². The highest BCUT2D eigenvalue weighted by Gasteiger charge is 2.31. The summed E-state index contributed by atoms with van der Waals surface area (Å²) in [5, 5.41) is 2.81. The fraction of sp³-hybridized carbons (Fsp3) is 0.611. The van der Waals surface area contributed by atoms with Gasteiger partial charge in [-0.15, -0.1) is 24.8 Å². The van der Waals surface area contributed by atoms with Crippen LogP contribution in [-0.4, -0.2) is 75.5 Å². The minimum atomic E-state index is -3.59. The number of sulfonamides is 1. The van der Waals surface area contributed by atoms with Crippen molar-refractivity contribution in [3.05, 3.63) is 29.8 Å². The molecule has 0 spiro atoms. The quantitative estimate of drug-likeness (QED) is 0.632. The first-order valence-electron chi connectivity index (χ1n) is 9.31. The molecule has 0 radical (unpaired) electrons. The number of amides is 1. The summed E-state index contributed by atoms with van der Waals surface area (Å²) >= 11 is 0. The van der Waals surface area contributed by atoms with Gasteiger partial charge in [0, 0.05) is 39.3 Å². The van der Waals surface area contributed by atoms with Crippen molar-refractivity contribution in [2.45, 2.75) is 36.5 Å². The molecule has 0 bridgehead atoms. The van der Waals surface area contributed by atoms with Gasteiger partial charge in [-0.05, 0) is 31.5 Å². The van der Waals surface area contributed by atoms with Gasteiger partial charge in [-0.2, -0.15) is 4.31 Å². The molecule has 11 heteroatoms. The largest absolute Gasteiger partial charge is 0.364 e. The minimum absolute atomic E-state index is 0. The summed E-state index contributed by atoms with van der Waals surface area (Å²) in [4.78, 5) is 14.7. The average Bonchev–Trinajstić information content (AvgIpc) is 3.16. The Kier molecular flexibility index (Phi) is 10.3. The van der Waals surface area contributed by atoms with Crippen molar-refractivity contribution in [3.63, 3.8) is 0 Å². The number of nitrogens with one attached hydrogen (secondary N) is 1. The zero-order valence-electron chi connectivity index (χ0n) is 16.5. The number of rotatable bonds is 6. The van der Waals surface area contributed by atoms with E-state index in [0.29, 0.717) is 44.7 Å². The fourth-order valence-corrected chi connectivity index (χ4v) is 5.08. The van der Waals surface area contributed by atoms with Crippen LogP contribution < -0.4 is 11.1 Å². The predicted molar refractivity (Wildman–Crippen MR) is 116 cm³/mol. The molecule has 2 fully saturated rings. The molecule has 8 nitrogen and oxygen atoms in total. The van der Waals surface area contributed by atoms with Crippen molar-refractivity contribution in [3.8, 4) is 0 Å². The van der Waals surface area contributed by atoms with Crippen LogP contribution in [0.4, 0.5) is 0 Å². The summed E-state index contributed by atoms with van der Waals surface area (Å²) in [6.45, 7) is 2.90. The number of carbonyl (C=O) groups is 1. The lowest BCUT2D eigenvalue weighted by molar-refractivity contribution is -0.132. The van der Waals surface area contributed by atoms with Crippen LogP contribution in [0, 0.1) is 0 Å². The molecule has 2 heterocycles. The van der Waals surface area contributed by atoms with Crippen molar-refractivity contribution < 1.29 is 17.9 Å². The third-order valence-corrected chi connectivity index (χ3v) is 7.17. The van der Waals surface area contributed by atoms with Crippen LogP contribution in [0.25, 0.3) is 0 Å². The van der Waals surface area contributed by atoms with Crippen LogP contribution in [0.3, 0.4) is 0 Å². The van der Waals surface area contributed by atoms with Gasteiger partial charge < -0.3 is 20.7 Å². The Hall–Kier alpha value is -0.940. The third-order valence-electron chi connectivity index (χ3n) is 5.17. The van der Waals surface area contributed by atoms with Gasteiger partial charge in [0.1, 0.15) is 6.10 Å². The molecule has 29 heavy (non-hydrogen) atoms. The summed E-state index contributed by atoms with van der Waals surface area (Å²) < 4.78 is 33.2. The van der Waals surface area contributed by atoms with E-state index in [4.69, 9.17) is 10.5 Å². The Labute approximate surface area is 185 Å². The Morgan fingerprint density at radius 3 is 2.45 bits per heavy atom. The second-order valence-corrected chi connectivity index (χ2v) is 9.00. The highest BCUT2D eigenvalue weighted by atomic mass is 35.5. The number of ether oxygens (including phenoxy) is 1. The first-order valence-corrected chi connectivity index (χ1v) is 10.8. The number of nitrogens with zero attached hydrogens (tertiary/aromatic N) is 2. The van der Waals surface area contributed by atoms with Gasteiger partial charge in [0.15, 0.2) is 0 Å². The van der Waals surface area contributed by atoms with Crippen LogP contribution in [0.5, 0.6) is 0 Å². The van der Waals surface area contributed by atoms with Gasteiger partial charge in [0.25, 0.3) is 0 Å². The van der Waals surface area contributed by atoms with E-state index < -0.39 is 16.1 Å². The maximum Gasteiger partial charge on any atom is 0.249 e. The molecule has 1 aromatic rings. The van der Waals surface area contributed by atoms with E-state index in [0.717, 1.165) is 6.42 Å². The van der Waals surface area contributed by atoms with Crippen molar-refractivity contribution in [1.29, 1.82) is 0 Å². The Bertz CT molecular complexity index is 773. The number of piperazine rings is 1. The van der Waals surface area contributed by atoms with Crippen molar-refractivity contribution in [2.24, 2.45) is 5.73 Å². The van der Waals surface area contributed by atoms with Gasteiger partial charge in [0.05, 0.1) is 11.0 Å².